The summed E-state index contributed by atoms with van der Waals surface area (Å²) < 4.78 is 0. The topological polar surface area (TPSA) is 49.9 Å². The van der Waals surface area contributed by atoms with E-state index in [1.807, 2.05) is 31.1 Å². The Kier molecular flexibility index (Phi) is 4.09. The van der Waals surface area contributed by atoms with Crippen molar-refractivity contribution in [1.82, 2.24) is 5.06 Å². The molecule has 1 aromatic carbocycles. The van der Waals surface area contributed by atoms with Crippen molar-refractivity contribution in [3.05, 3.63) is 29.8 Å². The van der Waals surface area contributed by atoms with Crippen molar-refractivity contribution < 1.29 is 14.4 Å². The zero-order chi connectivity index (χ0) is 13.0. The van der Waals surface area contributed by atoms with Gasteiger partial charge >= 0.3 is 5.97 Å². The lowest BCUT2D eigenvalue weighted by Crippen LogP contribution is -2.28. The molecule has 0 atom stereocenters. The summed E-state index contributed by atoms with van der Waals surface area (Å²) >= 11 is 0. The van der Waals surface area contributed by atoms with Crippen LogP contribution in [0, 0.1) is 0 Å². The lowest BCUT2D eigenvalue weighted by Gasteiger charge is -2.16. The first kappa shape index (κ1) is 13.0. The monoisotopic (exact) mass is 236 g/mol. The maximum absolute atomic E-state index is 11.8. The van der Waals surface area contributed by atoms with Crippen molar-refractivity contribution >= 4 is 17.6 Å². The van der Waals surface area contributed by atoms with Crippen LogP contribution in [0.3, 0.4) is 0 Å². The lowest BCUT2D eigenvalue weighted by atomic mass is 10.2. The van der Waals surface area contributed by atoms with E-state index in [9.17, 15) is 9.59 Å². The van der Waals surface area contributed by atoms with Crippen molar-refractivity contribution in [2.24, 2.45) is 0 Å². The summed E-state index contributed by atoms with van der Waals surface area (Å²) in [5, 5.41) is 0.924. The molecule has 0 saturated heterocycles. The van der Waals surface area contributed by atoms with Crippen LogP contribution in [0.2, 0.25) is 0 Å². The van der Waals surface area contributed by atoms with E-state index in [2.05, 4.69) is 4.84 Å². The van der Waals surface area contributed by atoms with Gasteiger partial charge in [-0.2, -0.15) is 5.06 Å². The number of hydrogen-bond acceptors (Lipinski definition) is 4. The molecule has 1 amide bonds. The summed E-state index contributed by atoms with van der Waals surface area (Å²) in [6.45, 7) is 1.25. The maximum Gasteiger partial charge on any atom is 0.329 e. The molecule has 0 aromatic heterocycles. The first-order valence-corrected chi connectivity index (χ1v) is 5.16. The van der Waals surface area contributed by atoms with Crippen molar-refractivity contribution in [2.75, 3.05) is 26.0 Å². The molecule has 1 rings (SSSR count). The Labute approximate surface area is 101 Å². The minimum Gasteiger partial charge on any atom is -0.378 e. The van der Waals surface area contributed by atoms with E-state index < -0.39 is 5.97 Å². The maximum atomic E-state index is 11.8. The molecule has 5 nitrogen and oxygen atoms in total. The molecular weight excluding hydrogens is 220 g/mol. The number of anilines is 1. The van der Waals surface area contributed by atoms with Crippen LogP contribution < -0.4 is 4.90 Å². The molecule has 92 valence electrons. The molecule has 0 heterocycles. The number of carbonyl (C=O) groups is 2. The normalized spacial score (nSPS) is 9.65. The van der Waals surface area contributed by atoms with Gasteiger partial charge in [0.25, 0.3) is 5.91 Å². The highest BCUT2D eigenvalue weighted by Gasteiger charge is 2.14. The fourth-order valence-electron chi connectivity index (χ4n) is 1.32. The molecule has 0 spiro atoms. The van der Waals surface area contributed by atoms with E-state index in [4.69, 9.17) is 0 Å². The average Bonchev–Trinajstić information content (AvgIpc) is 2.27. The van der Waals surface area contributed by atoms with E-state index in [1.165, 1.54) is 14.0 Å². The summed E-state index contributed by atoms with van der Waals surface area (Å²) in [5.41, 5.74) is 1.47. The standard InChI is InChI=1S/C12H16N2O3/c1-9(15)17-14(4)12(16)10-5-7-11(8-6-10)13(2)3/h5-8H,1-4H3. The predicted molar refractivity (Wildman–Crippen MR) is 64.6 cm³/mol. The molecule has 0 N–H and O–H groups in total. The van der Waals surface area contributed by atoms with Gasteiger partial charge in [-0.25, -0.2) is 0 Å². The van der Waals surface area contributed by atoms with E-state index in [1.54, 1.807) is 12.1 Å². The fourth-order valence-corrected chi connectivity index (χ4v) is 1.32. The summed E-state index contributed by atoms with van der Waals surface area (Å²) in [4.78, 5) is 29.1. The van der Waals surface area contributed by atoms with Crippen molar-refractivity contribution in [2.45, 2.75) is 6.92 Å². The smallest absolute Gasteiger partial charge is 0.329 e. The molecule has 0 aliphatic rings. The van der Waals surface area contributed by atoms with Gasteiger partial charge in [0.2, 0.25) is 0 Å². The highest BCUT2D eigenvalue weighted by Crippen LogP contribution is 2.13. The minimum absolute atomic E-state index is 0.356. The van der Waals surface area contributed by atoms with Crippen molar-refractivity contribution in [1.29, 1.82) is 0 Å². The van der Waals surface area contributed by atoms with Gasteiger partial charge in [-0.3, -0.25) is 9.59 Å². The summed E-state index contributed by atoms with van der Waals surface area (Å²) in [6.07, 6.45) is 0. The second-order valence-corrected chi connectivity index (χ2v) is 3.83. The van der Waals surface area contributed by atoms with Gasteiger partial charge in [-0.1, -0.05) is 0 Å². The molecule has 1 aromatic rings. The molecule has 0 radical (unpaired) electrons. The van der Waals surface area contributed by atoms with Crippen LogP contribution in [0.15, 0.2) is 24.3 Å². The third kappa shape index (κ3) is 3.48. The Hall–Kier alpha value is -2.04. The predicted octanol–water partition coefficient (Wildman–Crippen LogP) is 1.30. The van der Waals surface area contributed by atoms with Crippen LogP contribution in [0.5, 0.6) is 0 Å². The fraction of sp³-hybridized carbons (Fsp3) is 0.333. The molecule has 0 fully saturated rings. The summed E-state index contributed by atoms with van der Waals surface area (Å²) in [6, 6.07) is 7.04. The van der Waals surface area contributed by atoms with Gasteiger partial charge in [0.1, 0.15) is 0 Å². The molecule has 0 aliphatic carbocycles. The second-order valence-electron chi connectivity index (χ2n) is 3.83. The number of rotatable bonds is 2. The van der Waals surface area contributed by atoms with Gasteiger partial charge in [0, 0.05) is 39.3 Å². The van der Waals surface area contributed by atoms with Gasteiger partial charge < -0.3 is 9.74 Å². The van der Waals surface area contributed by atoms with Crippen molar-refractivity contribution in [3.63, 3.8) is 0 Å². The van der Waals surface area contributed by atoms with E-state index in [0.717, 1.165) is 10.8 Å². The van der Waals surface area contributed by atoms with Crippen LogP contribution in [-0.4, -0.2) is 38.1 Å². The third-order valence-electron chi connectivity index (χ3n) is 2.18. The highest BCUT2D eigenvalue weighted by molar-refractivity contribution is 5.94. The van der Waals surface area contributed by atoms with Crippen molar-refractivity contribution in [3.8, 4) is 0 Å². The van der Waals surface area contributed by atoms with Gasteiger partial charge in [-0.15, -0.1) is 0 Å². The Morgan fingerprint density at radius 2 is 1.59 bits per heavy atom. The number of amides is 1. The SMILES string of the molecule is CC(=O)ON(C)C(=O)c1ccc(N(C)C)cc1. The first-order chi connectivity index (χ1) is 7.91. The van der Waals surface area contributed by atoms with Gasteiger partial charge in [-0.05, 0) is 24.3 Å². The number of nitrogens with zero attached hydrogens (tertiary/aromatic N) is 2. The van der Waals surface area contributed by atoms with Gasteiger partial charge in [0.15, 0.2) is 0 Å². The Balaban J connectivity index is 2.79. The Morgan fingerprint density at radius 3 is 2.00 bits per heavy atom. The number of hydroxylamine groups is 2. The van der Waals surface area contributed by atoms with Crippen LogP contribution >= 0.6 is 0 Å². The highest BCUT2D eigenvalue weighted by atomic mass is 16.7. The zero-order valence-corrected chi connectivity index (χ0v) is 10.4. The molecule has 5 heteroatoms. The quantitative estimate of drug-likeness (QED) is 0.726. The molecule has 17 heavy (non-hydrogen) atoms. The molecular formula is C12H16N2O3. The average molecular weight is 236 g/mol. The van der Waals surface area contributed by atoms with Crippen LogP contribution in [0.4, 0.5) is 5.69 Å². The Morgan fingerprint density at radius 1 is 1.06 bits per heavy atom. The largest absolute Gasteiger partial charge is 0.378 e. The lowest BCUT2D eigenvalue weighted by molar-refractivity contribution is -0.170. The Bertz CT molecular complexity index is 412. The van der Waals surface area contributed by atoms with Crippen LogP contribution in [0.1, 0.15) is 17.3 Å². The second kappa shape index (κ2) is 5.34. The van der Waals surface area contributed by atoms with Crippen LogP contribution in [-0.2, 0) is 9.63 Å². The summed E-state index contributed by atoms with van der Waals surface area (Å²) in [5.74, 6) is -0.878. The van der Waals surface area contributed by atoms with Gasteiger partial charge in [0.05, 0.1) is 0 Å². The van der Waals surface area contributed by atoms with Crippen LogP contribution in [0.25, 0.3) is 0 Å². The zero-order valence-electron chi connectivity index (χ0n) is 10.4. The molecule has 0 unspecified atom stereocenters. The van der Waals surface area contributed by atoms with E-state index in [-0.39, 0.29) is 5.91 Å². The number of carbonyl (C=O) groups excluding carboxylic acids is 2. The number of benzene rings is 1. The number of hydrogen-bond donors (Lipinski definition) is 0. The molecule has 0 aliphatic heterocycles. The van der Waals surface area contributed by atoms with E-state index in [0.29, 0.717) is 5.56 Å². The summed E-state index contributed by atoms with van der Waals surface area (Å²) in [7, 11) is 5.24. The third-order valence-corrected chi connectivity index (χ3v) is 2.18. The molecule has 0 saturated carbocycles. The van der Waals surface area contributed by atoms with E-state index >= 15 is 0 Å². The minimum atomic E-state index is -0.522. The first-order valence-electron chi connectivity index (χ1n) is 5.16. The molecule has 0 bridgehead atoms.